The average Bonchev–Trinajstić information content (AvgIpc) is 2.42. The molecule has 0 atom stereocenters. The largest absolute Gasteiger partial charge is 0.324 e. The van der Waals surface area contributed by atoms with Crippen LogP contribution in [0.4, 0.5) is 0 Å². The quantitative estimate of drug-likeness (QED) is 0.610. The standard InChI is InChI=1S/C4H5N5S/c5-1-3-8-9-2-6-7-4(9)10-3/h2H,1,5H2. The first-order valence-corrected chi connectivity index (χ1v) is 3.57. The molecule has 2 aromatic heterocycles. The van der Waals surface area contributed by atoms with E-state index < -0.39 is 0 Å². The molecule has 2 N–H and O–H groups in total. The summed E-state index contributed by atoms with van der Waals surface area (Å²) in [4.78, 5) is 0.792. The number of rotatable bonds is 1. The van der Waals surface area contributed by atoms with Gasteiger partial charge in [-0.3, -0.25) is 0 Å². The first kappa shape index (κ1) is 5.75. The van der Waals surface area contributed by atoms with Crippen molar-refractivity contribution in [3.8, 4) is 0 Å². The fourth-order valence-electron chi connectivity index (χ4n) is 0.684. The van der Waals surface area contributed by atoms with Gasteiger partial charge >= 0.3 is 0 Å². The van der Waals surface area contributed by atoms with E-state index in [9.17, 15) is 0 Å². The normalized spacial score (nSPS) is 10.9. The van der Waals surface area contributed by atoms with E-state index in [1.54, 1.807) is 10.8 Å². The molecule has 2 aromatic rings. The highest BCUT2D eigenvalue weighted by Gasteiger charge is 2.01. The van der Waals surface area contributed by atoms with Gasteiger partial charge in [0, 0.05) is 6.54 Å². The zero-order valence-corrected chi connectivity index (χ0v) is 5.88. The second-order valence-electron chi connectivity index (χ2n) is 1.76. The highest BCUT2D eigenvalue weighted by atomic mass is 32.1. The third kappa shape index (κ3) is 0.695. The van der Waals surface area contributed by atoms with E-state index in [-0.39, 0.29) is 0 Å². The molecule has 0 spiro atoms. The minimum atomic E-state index is 0.466. The minimum Gasteiger partial charge on any atom is -0.324 e. The predicted molar refractivity (Wildman–Crippen MR) is 36.6 cm³/mol. The van der Waals surface area contributed by atoms with Crippen molar-refractivity contribution in [2.75, 3.05) is 0 Å². The maximum absolute atomic E-state index is 5.36. The Morgan fingerprint density at radius 3 is 3.30 bits per heavy atom. The van der Waals surface area contributed by atoms with Crippen molar-refractivity contribution in [2.24, 2.45) is 5.73 Å². The molecule has 0 aromatic carbocycles. The molecular weight excluding hydrogens is 150 g/mol. The Labute approximate surface area is 60.5 Å². The van der Waals surface area contributed by atoms with Gasteiger partial charge in [-0.15, -0.1) is 10.2 Å². The second kappa shape index (κ2) is 1.99. The van der Waals surface area contributed by atoms with Crippen LogP contribution in [0.2, 0.25) is 0 Å². The molecule has 0 aliphatic carbocycles. The predicted octanol–water partition coefficient (Wildman–Crippen LogP) is -0.356. The summed E-state index contributed by atoms with van der Waals surface area (Å²) in [6.45, 7) is 0.466. The van der Waals surface area contributed by atoms with Crippen molar-refractivity contribution in [1.29, 1.82) is 0 Å². The molecule has 0 amide bonds. The molecule has 2 rings (SSSR count). The van der Waals surface area contributed by atoms with Crippen LogP contribution in [0.1, 0.15) is 5.01 Å². The molecule has 0 saturated carbocycles. The number of aromatic nitrogens is 4. The van der Waals surface area contributed by atoms with E-state index in [1.807, 2.05) is 0 Å². The lowest BCUT2D eigenvalue weighted by Gasteiger charge is -1.78. The fraction of sp³-hybridized carbons (Fsp3) is 0.250. The van der Waals surface area contributed by atoms with Crippen LogP contribution in [0.3, 0.4) is 0 Å². The first-order valence-electron chi connectivity index (χ1n) is 2.76. The lowest BCUT2D eigenvalue weighted by molar-refractivity contribution is 0.887. The molecule has 10 heavy (non-hydrogen) atoms. The first-order chi connectivity index (χ1) is 4.90. The number of nitrogens with two attached hydrogens (primary N) is 1. The Balaban J connectivity index is 2.67. The molecule has 2 heterocycles. The third-order valence-electron chi connectivity index (χ3n) is 1.10. The zero-order valence-electron chi connectivity index (χ0n) is 5.06. The lowest BCUT2D eigenvalue weighted by atomic mass is 10.7. The fourth-order valence-corrected chi connectivity index (χ4v) is 1.38. The van der Waals surface area contributed by atoms with Crippen LogP contribution in [-0.4, -0.2) is 19.8 Å². The Hall–Kier alpha value is -1.01. The average molecular weight is 155 g/mol. The van der Waals surface area contributed by atoms with E-state index in [0.717, 1.165) is 9.97 Å². The number of fused-ring (bicyclic) bond motifs is 1. The number of hydrogen-bond donors (Lipinski definition) is 1. The second-order valence-corrected chi connectivity index (χ2v) is 2.80. The lowest BCUT2D eigenvalue weighted by Crippen LogP contribution is -1.95. The van der Waals surface area contributed by atoms with Crippen molar-refractivity contribution in [2.45, 2.75) is 6.54 Å². The summed E-state index contributed by atoms with van der Waals surface area (Å²) in [5, 5.41) is 12.4. The summed E-state index contributed by atoms with van der Waals surface area (Å²) < 4.78 is 1.62. The van der Waals surface area contributed by atoms with E-state index in [2.05, 4.69) is 15.3 Å². The summed E-state index contributed by atoms with van der Waals surface area (Å²) in [5.41, 5.74) is 5.36. The van der Waals surface area contributed by atoms with Crippen molar-refractivity contribution in [3.05, 3.63) is 11.3 Å². The van der Waals surface area contributed by atoms with Gasteiger partial charge in [0.25, 0.3) is 0 Å². The smallest absolute Gasteiger partial charge is 0.234 e. The van der Waals surface area contributed by atoms with Gasteiger partial charge in [0.1, 0.15) is 11.3 Å². The van der Waals surface area contributed by atoms with Crippen LogP contribution in [0.15, 0.2) is 6.33 Å². The van der Waals surface area contributed by atoms with E-state index in [0.29, 0.717) is 6.54 Å². The molecule has 0 fully saturated rings. The van der Waals surface area contributed by atoms with Crippen LogP contribution in [-0.2, 0) is 6.54 Å². The van der Waals surface area contributed by atoms with Crippen molar-refractivity contribution in [1.82, 2.24) is 19.8 Å². The summed E-state index contributed by atoms with van der Waals surface area (Å²) in [7, 11) is 0. The van der Waals surface area contributed by atoms with Gasteiger partial charge in [0.15, 0.2) is 0 Å². The molecule has 0 aliphatic heterocycles. The molecule has 0 radical (unpaired) electrons. The minimum absolute atomic E-state index is 0.466. The van der Waals surface area contributed by atoms with E-state index in [1.165, 1.54) is 11.3 Å². The van der Waals surface area contributed by atoms with Gasteiger partial charge in [-0.1, -0.05) is 11.3 Å². The molecule has 52 valence electrons. The molecule has 0 unspecified atom stereocenters. The molecule has 5 nitrogen and oxygen atoms in total. The number of hydrogen-bond acceptors (Lipinski definition) is 5. The van der Waals surface area contributed by atoms with Crippen LogP contribution in [0.5, 0.6) is 0 Å². The van der Waals surface area contributed by atoms with E-state index >= 15 is 0 Å². The summed E-state index contributed by atoms with van der Waals surface area (Å²) >= 11 is 1.46. The summed E-state index contributed by atoms with van der Waals surface area (Å²) in [6.07, 6.45) is 1.56. The van der Waals surface area contributed by atoms with Gasteiger partial charge in [-0.05, 0) is 0 Å². The van der Waals surface area contributed by atoms with Crippen molar-refractivity contribution >= 4 is 16.3 Å². The molecule has 0 aliphatic rings. The monoisotopic (exact) mass is 155 g/mol. The molecule has 6 heteroatoms. The van der Waals surface area contributed by atoms with Gasteiger partial charge < -0.3 is 5.73 Å². The van der Waals surface area contributed by atoms with E-state index in [4.69, 9.17) is 5.73 Å². The highest BCUT2D eigenvalue weighted by molar-refractivity contribution is 7.16. The van der Waals surface area contributed by atoms with Crippen LogP contribution in [0.25, 0.3) is 4.96 Å². The van der Waals surface area contributed by atoms with Gasteiger partial charge in [0.05, 0.1) is 0 Å². The van der Waals surface area contributed by atoms with Crippen LogP contribution < -0.4 is 5.73 Å². The van der Waals surface area contributed by atoms with Gasteiger partial charge in [-0.2, -0.15) is 9.61 Å². The van der Waals surface area contributed by atoms with Gasteiger partial charge in [0.2, 0.25) is 4.96 Å². The zero-order chi connectivity index (χ0) is 6.97. The van der Waals surface area contributed by atoms with Crippen molar-refractivity contribution < 1.29 is 0 Å². The Kier molecular flexibility index (Phi) is 1.15. The summed E-state index contributed by atoms with van der Waals surface area (Å²) in [6, 6.07) is 0. The Bertz CT molecular complexity index is 307. The highest BCUT2D eigenvalue weighted by Crippen LogP contribution is 2.09. The Morgan fingerprint density at radius 2 is 2.60 bits per heavy atom. The molecule has 0 bridgehead atoms. The topological polar surface area (TPSA) is 69.1 Å². The van der Waals surface area contributed by atoms with Crippen LogP contribution >= 0.6 is 11.3 Å². The number of nitrogens with zero attached hydrogens (tertiary/aromatic N) is 4. The third-order valence-corrected chi connectivity index (χ3v) is 2.04. The molecule has 0 saturated heterocycles. The van der Waals surface area contributed by atoms with Crippen molar-refractivity contribution in [3.63, 3.8) is 0 Å². The Morgan fingerprint density at radius 1 is 1.70 bits per heavy atom. The van der Waals surface area contributed by atoms with Crippen LogP contribution in [0, 0.1) is 0 Å². The summed E-state index contributed by atoms with van der Waals surface area (Å²) in [5.74, 6) is 0. The molecular formula is C4H5N5S. The maximum Gasteiger partial charge on any atom is 0.234 e. The SMILES string of the molecule is NCc1nn2cnnc2s1. The van der Waals surface area contributed by atoms with Gasteiger partial charge in [-0.25, -0.2) is 0 Å². The maximum atomic E-state index is 5.36.